The van der Waals surface area contributed by atoms with Gasteiger partial charge >= 0.3 is 0 Å². The van der Waals surface area contributed by atoms with Crippen LogP contribution in [-0.4, -0.2) is 49.0 Å². The van der Waals surface area contributed by atoms with Crippen LogP contribution in [0, 0.1) is 5.82 Å². The van der Waals surface area contributed by atoms with E-state index in [1.165, 1.54) is 24.3 Å². The van der Waals surface area contributed by atoms with Crippen molar-refractivity contribution in [1.82, 2.24) is 30.0 Å². The summed E-state index contributed by atoms with van der Waals surface area (Å²) in [6.07, 6.45) is 4.75. The highest BCUT2D eigenvalue weighted by Crippen LogP contribution is 2.38. The zero-order valence-electron chi connectivity index (χ0n) is 14.5. The Morgan fingerprint density at radius 2 is 2.00 bits per heavy atom. The number of amides is 1. The fraction of sp³-hybridized carbons (Fsp3) is 0.389. The third kappa shape index (κ3) is 3.09. The van der Waals surface area contributed by atoms with Gasteiger partial charge in [0, 0.05) is 24.6 Å². The second-order valence-corrected chi connectivity index (χ2v) is 7.02. The maximum atomic E-state index is 13.0. The molecule has 1 saturated carbocycles. The minimum Gasteiger partial charge on any atom is -0.336 e. The lowest BCUT2D eigenvalue weighted by Gasteiger charge is -2.16. The fourth-order valence-electron chi connectivity index (χ4n) is 3.32. The van der Waals surface area contributed by atoms with Gasteiger partial charge in [0.25, 0.3) is 11.8 Å². The molecule has 0 N–H and O–H groups in total. The number of nitrogens with zero attached hydrogens (tertiary/aromatic N) is 6. The molecule has 0 spiro atoms. The normalized spacial score (nSPS) is 19.6. The molecule has 3 aromatic rings. The quantitative estimate of drug-likeness (QED) is 0.703. The highest BCUT2D eigenvalue weighted by Gasteiger charge is 2.31. The molecule has 1 unspecified atom stereocenters. The maximum Gasteiger partial charge on any atom is 0.280 e. The van der Waals surface area contributed by atoms with Crippen LogP contribution >= 0.6 is 0 Å². The van der Waals surface area contributed by atoms with Crippen molar-refractivity contribution in [2.75, 3.05) is 13.1 Å². The lowest BCUT2D eigenvalue weighted by molar-refractivity contribution is 0.0787. The number of likely N-dealkylation sites (tertiary alicyclic amines) is 1. The van der Waals surface area contributed by atoms with Gasteiger partial charge in [0.05, 0.1) is 12.2 Å². The summed E-state index contributed by atoms with van der Waals surface area (Å²) in [5.41, 5.74) is 1.02. The second kappa shape index (κ2) is 6.26. The van der Waals surface area contributed by atoms with Crippen molar-refractivity contribution >= 4 is 5.91 Å². The molecule has 0 radical (unpaired) electrons. The van der Waals surface area contributed by atoms with Crippen LogP contribution in [0.2, 0.25) is 0 Å². The molecule has 27 heavy (non-hydrogen) atoms. The number of carbonyl (C=O) groups is 1. The molecule has 8 nitrogen and oxygen atoms in total. The van der Waals surface area contributed by atoms with E-state index in [4.69, 9.17) is 4.52 Å². The number of benzene rings is 1. The highest BCUT2D eigenvalue weighted by atomic mass is 19.1. The summed E-state index contributed by atoms with van der Waals surface area (Å²) in [7, 11) is 0. The average Bonchev–Trinajstić information content (AvgIpc) is 3.09. The van der Waals surface area contributed by atoms with Crippen molar-refractivity contribution in [2.24, 2.45) is 0 Å². The Balaban J connectivity index is 1.28. The van der Waals surface area contributed by atoms with Gasteiger partial charge in [-0.1, -0.05) is 10.4 Å². The average molecular weight is 368 g/mol. The van der Waals surface area contributed by atoms with Crippen LogP contribution in [0.5, 0.6) is 0 Å². The van der Waals surface area contributed by atoms with Crippen LogP contribution in [0.15, 0.2) is 35.0 Å². The summed E-state index contributed by atoms with van der Waals surface area (Å²) in [4.78, 5) is 18.7. The molecule has 9 heteroatoms. The van der Waals surface area contributed by atoms with Gasteiger partial charge in [-0.15, -0.1) is 5.10 Å². The Kier molecular flexibility index (Phi) is 3.73. The SMILES string of the molecule is O=C(c1ccc(F)cc1)N1CCC(n2cc(-c3nc(C4CC4)no3)nn2)C1. The van der Waals surface area contributed by atoms with Gasteiger partial charge in [-0.2, -0.15) is 4.98 Å². The summed E-state index contributed by atoms with van der Waals surface area (Å²) in [5, 5.41) is 12.3. The zero-order valence-corrected chi connectivity index (χ0v) is 14.5. The van der Waals surface area contributed by atoms with Crippen molar-refractivity contribution in [3.05, 3.63) is 47.7 Å². The van der Waals surface area contributed by atoms with Crippen LogP contribution in [0.3, 0.4) is 0 Å². The first-order chi connectivity index (χ1) is 13.2. The van der Waals surface area contributed by atoms with E-state index in [-0.39, 0.29) is 17.8 Å². The minimum atomic E-state index is -0.355. The Morgan fingerprint density at radius 1 is 1.19 bits per heavy atom. The summed E-state index contributed by atoms with van der Waals surface area (Å²) < 4.78 is 20.1. The van der Waals surface area contributed by atoms with Gasteiger partial charge in [-0.05, 0) is 43.5 Å². The van der Waals surface area contributed by atoms with Gasteiger partial charge in [0.1, 0.15) is 5.82 Å². The van der Waals surface area contributed by atoms with E-state index in [1.807, 2.05) is 0 Å². The molecule has 2 aromatic heterocycles. The van der Waals surface area contributed by atoms with E-state index in [9.17, 15) is 9.18 Å². The molecule has 138 valence electrons. The van der Waals surface area contributed by atoms with E-state index in [0.717, 1.165) is 25.1 Å². The third-order valence-electron chi connectivity index (χ3n) is 5.03. The molecule has 1 aliphatic carbocycles. The standard InChI is InChI=1S/C18H17FN6O2/c19-13-5-3-12(4-6-13)18(26)24-8-7-14(9-24)25-10-15(21-23-25)17-20-16(22-27-17)11-1-2-11/h3-6,10-11,14H,1-2,7-9H2. The molecule has 1 aliphatic heterocycles. The predicted molar refractivity (Wildman–Crippen MR) is 91.2 cm³/mol. The molecule has 1 saturated heterocycles. The molecule has 2 aliphatic rings. The number of carbonyl (C=O) groups excluding carboxylic acids is 1. The molecule has 0 bridgehead atoms. The molecular weight excluding hydrogens is 351 g/mol. The lowest BCUT2D eigenvalue weighted by atomic mass is 10.2. The summed E-state index contributed by atoms with van der Waals surface area (Å²) in [5.74, 6) is 1.06. The Hall–Kier alpha value is -3.10. The Bertz CT molecular complexity index is 978. The largest absolute Gasteiger partial charge is 0.336 e. The highest BCUT2D eigenvalue weighted by molar-refractivity contribution is 5.94. The Morgan fingerprint density at radius 3 is 2.78 bits per heavy atom. The second-order valence-electron chi connectivity index (χ2n) is 7.02. The topological polar surface area (TPSA) is 89.9 Å². The van der Waals surface area contributed by atoms with E-state index in [1.54, 1.807) is 15.8 Å². The number of aromatic nitrogens is 5. The minimum absolute atomic E-state index is 0.0291. The van der Waals surface area contributed by atoms with Crippen LogP contribution in [0.1, 0.15) is 47.4 Å². The number of rotatable bonds is 4. The summed E-state index contributed by atoms with van der Waals surface area (Å²) >= 11 is 0. The van der Waals surface area contributed by atoms with Gasteiger partial charge in [0.15, 0.2) is 11.5 Å². The van der Waals surface area contributed by atoms with Crippen molar-refractivity contribution in [3.63, 3.8) is 0 Å². The van der Waals surface area contributed by atoms with E-state index in [0.29, 0.717) is 36.2 Å². The van der Waals surface area contributed by atoms with Crippen molar-refractivity contribution < 1.29 is 13.7 Å². The maximum absolute atomic E-state index is 13.0. The third-order valence-corrected chi connectivity index (χ3v) is 5.03. The van der Waals surface area contributed by atoms with E-state index < -0.39 is 0 Å². The molecule has 1 aromatic carbocycles. The monoisotopic (exact) mass is 368 g/mol. The number of hydrogen-bond donors (Lipinski definition) is 0. The molecule has 3 heterocycles. The van der Waals surface area contributed by atoms with Gasteiger partial charge < -0.3 is 9.42 Å². The smallest absolute Gasteiger partial charge is 0.280 e. The van der Waals surface area contributed by atoms with Crippen LogP contribution in [0.4, 0.5) is 4.39 Å². The predicted octanol–water partition coefficient (Wildman–Crippen LogP) is 2.43. The van der Waals surface area contributed by atoms with Crippen molar-refractivity contribution in [3.8, 4) is 11.6 Å². The van der Waals surface area contributed by atoms with E-state index in [2.05, 4.69) is 20.5 Å². The Labute approximate surface area is 154 Å². The first kappa shape index (κ1) is 16.1. The van der Waals surface area contributed by atoms with Crippen LogP contribution < -0.4 is 0 Å². The molecule has 5 rings (SSSR count). The van der Waals surface area contributed by atoms with Crippen LogP contribution in [0.25, 0.3) is 11.6 Å². The van der Waals surface area contributed by atoms with Crippen molar-refractivity contribution in [1.29, 1.82) is 0 Å². The van der Waals surface area contributed by atoms with Gasteiger partial charge in [0.2, 0.25) is 0 Å². The zero-order chi connectivity index (χ0) is 18.4. The van der Waals surface area contributed by atoms with E-state index >= 15 is 0 Å². The fourth-order valence-corrected chi connectivity index (χ4v) is 3.32. The van der Waals surface area contributed by atoms with Crippen LogP contribution in [-0.2, 0) is 0 Å². The van der Waals surface area contributed by atoms with Crippen molar-refractivity contribution in [2.45, 2.75) is 31.2 Å². The van der Waals surface area contributed by atoms with Gasteiger partial charge in [-0.3, -0.25) is 4.79 Å². The van der Waals surface area contributed by atoms with Gasteiger partial charge in [-0.25, -0.2) is 9.07 Å². The first-order valence-electron chi connectivity index (χ1n) is 8.98. The number of hydrogen-bond acceptors (Lipinski definition) is 6. The summed E-state index contributed by atoms with van der Waals surface area (Å²) in [6, 6.07) is 5.63. The first-order valence-corrected chi connectivity index (χ1v) is 8.98. The summed E-state index contributed by atoms with van der Waals surface area (Å²) in [6.45, 7) is 1.14. The lowest BCUT2D eigenvalue weighted by Crippen LogP contribution is -2.29. The number of halogens is 1. The molecular formula is C18H17FN6O2. The molecule has 1 amide bonds. The molecule has 1 atom stereocenters. The molecule has 2 fully saturated rings.